The number of rotatable bonds is 6. The van der Waals surface area contributed by atoms with Crippen molar-refractivity contribution in [1.29, 1.82) is 0 Å². The fourth-order valence-corrected chi connectivity index (χ4v) is 2.66. The second-order valence-corrected chi connectivity index (χ2v) is 5.87. The third kappa shape index (κ3) is 4.21. The lowest BCUT2D eigenvalue weighted by molar-refractivity contribution is -0.355. The number of nitrogens with zero attached hydrogens (tertiary/aromatic N) is 3. The van der Waals surface area contributed by atoms with E-state index in [1.807, 2.05) is 36.4 Å². The summed E-state index contributed by atoms with van der Waals surface area (Å²) in [7, 11) is 0. The van der Waals surface area contributed by atoms with E-state index in [9.17, 15) is 10.0 Å². The first-order valence-electron chi connectivity index (χ1n) is 8.82. The Balaban J connectivity index is 2.11. The predicted molar refractivity (Wildman–Crippen MR) is 106 cm³/mol. The van der Waals surface area contributed by atoms with Crippen LogP contribution in [-0.4, -0.2) is 33.5 Å². The van der Waals surface area contributed by atoms with Gasteiger partial charge in [-0.3, -0.25) is 0 Å². The lowest BCUT2D eigenvalue weighted by atomic mass is 10.1. The number of hydrogen-bond donors (Lipinski definition) is 1. The van der Waals surface area contributed by atoms with Gasteiger partial charge >= 0.3 is 5.97 Å². The van der Waals surface area contributed by atoms with E-state index < -0.39 is 5.97 Å². The highest BCUT2D eigenvalue weighted by Gasteiger charge is 2.19. The largest absolute Gasteiger partial charge is 0.618 e. The molecule has 0 bridgehead atoms. The highest BCUT2D eigenvalue weighted by atomic mass is 16.5. The molecule has 2 N–H and O–H groups in total. The van der Waals surface area contributed by atoms with Crippen LogP contribution in [0.5, 0.6) is 0 Å². The zero-order valence-corrected chi connectivity index (χ0v) is 15.4. The maximum atomic E-state index is 12.8. The van der Waals surface area contributed by atoms with Crippen molar-refractivity contribution < 1.29 is 14.3 Å². The summed E-state index contributed by atoms with van der Waals surface area (Å²) in [5.74, 6) is -0.186. The summed E-state index contributed by atoms with van der Waals surface area (Å²) in [6, 6.07) is 16.3. The second kappa shape index (κ2) is 8.88. The van der Waals surface area contributed by atoms with Gasteiger partial charge in [-0.05, 0) is 6.92 Å². The molecule has 3 aromatic rings. The molecule has 0 amide bonds. The van der Waals surface area contributed by atoms with Crippen LogP contribution in [0.3, 0.4) is 0 Å². The standard InChI is InChI=1S/C21H20N4O3/c1-2-28-21(26)17-13-23-20(15-8-4-3-5-9-15)24-18(17)14-25(27)19-11-7-6-10-16(19)12-22/h3-11,13-14H,2,12,22H2,1H3. The SMILES string of the molecule is CCOC(=O)c1cnc(-c2ccccc2)nc1C=[N+]([O-])c1ccccc1CN. The van der Waals surface area contributed by atoms with Gasteiger partial charge in [0.1, 0.15) is 11.3 Å². The van der Waals surface area contributed by atoms with Crippen molar-refractivity contribution in [2.24, 2.45) is 5.73 Å². The van der Waals surface area contributed by atoms with E-state index in [0.717, 1.165) is 5.56 Å². The number of ether oxygens (including phenoxy) is 1. The summed E-state index contributed by atoms with van der Waals surface area (Å²) < 4.78 is 5.72. The predicted octanol–water partition coefficient (Wildman–Crippen LogP) is 3.04. The van der Waals surface area contributed by atoms with Gasteiger partial charge in [-0.2, -0.15) is 4.74 Å². The van der Waals surface area contributed by atoms with Gasteiger partial charge in [0.05, 0.1) is 6.61 Å². The Morgan fingerprint density at radius 2 is 1.89 bits per heavy atom. The molecule has 0 fully saturated rings. The Bertz CT molecular complexity index is 1000. The Labute approximate surface area is 162 Å². The van der Waals surface area contributed by atoms with Crippen LogP contribution in [0.1, 0.15) is 28.5 Å². The van der Waals surface area contributed by atoms with E-state index in [1.165, 1.54) is 12.4 Å². The molecule has 142 valence electrons. The van der Waals surface area contributed by atoms with Crippen molar-refractivity contribution in [3.8, 4) is 11.4 Å². The van der Waals surface area contributed by atoms with Crippen molar-refractivity contribution in [3.63, 3.8) is 0 Å². The van der Waals surface area contributed by atoms with Gasteiger partial charge in [0, 0.05) is 29.9 Å². The molecule has 0 aliphatic rings. The second-order valence-electron chi connectivity index (χ2n) is 5.87. The third-order valence-corrected chi connectivity index (χ3v) is 4.03. The number of carbonyl (C=O) groups is 1. The van der Waals surface area contributed by atoms with Crippen LogP contribution in [0.4, 0.5) is 5.69 Å². The lowest BCUT2D eigenvalue weighted by Crippen LogP contribution is -2.14. The Kier molecular flexibility index (Phi) is 6.08. The van der Waals surface area contributed by atoms with Crippen LogP contribution in [0, 0.1) is 5.21 Å². The molecule has 1 aromatic heterocycles. The van der Waals surface area contributed by atoms with Gasteiger partial charge in [0.2, 0.25) is 11.9 Å². The highest BCUT2D eigenvalue weighted by molar-refractivity contribution is 5.97. The number of aromatic nitrogens is 2. The quantitative estimate of drug-likeness (QED) is 0.233. The van der Waals surface area contributed by atoms with Gasteiger partial charge in [0.25, 0.3) is 0 Å². The summed E-state index contributed by atoms with van der Waals surface area (Å²) in [5, 5.41) is 12.8. The fraction of sp³-hybridized carbons (Fsp3) is 0.143. The minimum absolute atomic E-state index is 0.118. The molecule has 0 aliphatic carbocycles. The topological polar surface area (TPSA) is 104 Å². The molecule has 0 spiro atoms. The summed E-state index contributed by atoms with van der Waals surface area (Å²) in [6.45, 7) is 2.13. The van der Waals surface area contributed by atoms with Gasteiger partial charge < -0.3 is 15.7 Å². The van der Waals surface area contributed by atoms with E-state index in [-0.39, 0.29) is 24.4 Å². The third-order valence-electron chi connectivity index (χ3n) is 4.03. The first-order valence-corrected chi connectivity index (χ1v) is 8.82. The molecule has 28 heavy (non-hydrogen) atoms. The minimum Gasteiger partial charge on any atom is -0.618 e. The van der Waals surface area contributed by atoms with Gasteiger partial charge in [-0.15, -0.1) is 0 Å². The summed E-state index contributed by atoms with van der Waals surface area (Å²) >= 11 is 0. The van der Waals surface area contributed by atoms with Crippen LogP contribution >= 0.6 is 0 Å². The smallest absolute Gasteiger partial charge is 0.342 e. The summed E-state index contributed by atoms with van der Waals surface area (Å²) in [6.07, 6.45) is 2.62. The zero-order chi connectivity index (χ0) is 19.9. The van der Waals surface area contributed by atoms with Crippen LogP contribution in [0.25, 0.3) is 11.4 Å². The average molecular weight is 376 g/mol. The van der Waals surface area contributed by atoms with Crippen LogP contribution in [-0.2, 0) is 11.3 Å². The van der Waals surface area contributed by atoms with E-state index in [0.29, 0.717) is 21.8 Å². The molecule has 0 saturated carbocycles. The first kappa shape index (κ1) is 19.2. The molecular weight excluding hydrogens is 356 g/mol. The van der Waals surface area contributed by atoms with Gasteiger partial charge in [-0.25, -0.2) is 14.8 Å². The molecule has 1 heterocycles. The molecular formula is C21H20N4O3. The number of nitrogens with two attached hydrogens (primary N) is 1. The first-order chi connectivity index (χ1) is 13.6. The molecule has 7 heteroatoms. The summed E-state index contributed by atoms with van der Waals surface area (Å²) in [4.78, 5) is 21.0. The lowest BCUT2D eigenvalue weighted by Gasteiger charge is -2.09. The average Bonchev–Trinajstić information content (AvgIpc) is 2.74. The molecule has 0 unspecified atom stereocenters. The van der Waals surface area contributed by atoms with Crippen LogP contribution < -0.4 is 5.73 Å². The molecule has 2 aromatic carbocycles. The maximum absolute atomic E-state index is 12.8. The van der Waals surface area contributed by atoms with E-state index >= 15 is 0 Å². The number of para-hydroxylation sites is 1. The minimum atomic E-state index is -0.589. The Hall–Kier alpha value is -3.58. The molecule has 0 saturated heterocycles. The van der Waals surface area contributed by atoms with Crippen LogP contribution in [0.15, 0.2) is 60.8 Å². The Morgan fingerprint density at radius 1 is 1.18 bits per heavy atom. The molecule has 0 aliphatic heterocycles. The summed E-state index contributed by atoms with van der Waals surface area (Å²) in [5.41, 5.74) is 7.86. The normalized spacial score (nSPS) is 11.3. The molecule has 3 rings (SSSR count). The molecule has 0 radical (unpaired) electrons. The van der Waals surface area contributed by atoms with Crippen molar-refractivity contribution in [1.82, 2.24) is 9.97 Å². The maximum Gasteiger partial charge on any atom is 0.342 e. The number of esters is 1. The van der Waals surface area contributed by atoms with E-state index in [4.69, 9.17) is 10.5 Å². The van der Waals surface area contributed by atoms with Crippen molar-refractivity contribution in [2.45, 2.75) is 13.5 Å². The van der Waals surface area contributed by atoms with Crippen LogP contribution in [0.2, 0.25) is 0 Å². The highest BCUT2D eigenvalue weighted by Crippen LogP contribution is 2.19. The number of hydrogen-bond acceptors (Lipinski definition) is 6. The van der Waals surface area contributed by atoms with Crippen molar-refractivity contribution in [2.75, 3.05) is 6.61 Å². The Morgan fingerprint density at radius 3 is 2.61 bits per heavy atom. The van der Waals surface area contributed by atoms with Gasteiger partial charge in [0.15, 0.2) is 5.82 Å². The van der Waals surface area contributed by atoms with Crippen molar-refractivity contribution in [3.05, 3.63) is 82.8 Å². The monoisotopic (exact) mass is 376 g/mol. The van der Waals surface area contributed by atoms with Gasteiger partial charge in [-0.1, -0.05) is 48.5 Å². The van der Waals surface area contributed by atoms with E-state index in [2.05, 4.69) is 9.97 Å². The number of benzene rings is 2. The number of carbonyl (C=O) groups excluding carboxylic acids is 1. The molecule has 0 atom stereocenters. The van der Waals surface area contributed by atoms with E-state index in [1.54, 1.807) is 25.1 Å². The van der Waals surface area contributed by atoms with Crippen molar-refractivity contribution >= 4 is 17.9 Å². The molecule has 7 nitrogen and oxygen atoms in total. The zero-order valence-electron chi connectivity index (χ0n) is 15.4. The fourth-order valence-electron chi connectivity index (χ4n) is 2.66.